The maximum Gasteiger partial charge on any atom is 0.0509 e. The third-order valence-corrected chi connectivity index (χ3v) is 4.26. The average molecular weight is 211 g/mol. The molecule has 1 saturated carbocycles. The fourth-order valence-corrected chi connectivity index (χ4v) is 3.28. The van der Waals surface area contributed by atoms with Crippen LogP contribution in [-0.4, -0.2) is 19.3 Å². The molecular weight excluding hydrogens is 186 g/mol. The normalized spacial score (nSPS) is 40.0. The van der Waals surface area contributed by atoms with Gasteiger partial charge in [0, 0.05) is 12.6 Å². The first-order chi connectivity index (χ1) is 7.27. The van der Waals surface area contributed by atoms with E-state index in [1.165, 1.54) is 38.5 Å². The van der Waals surface area contributed by atoms with Crippen molar-refractivity contribution in [2.45, 2.75) is 51.5 Å². The molecule has 2 fully saturated rings. The lowest BCUT2D eigenvalue weighted by Gasteiger charge is -2.37. The molecule has 2 heteroatoms. The summed E-state index contributed by atoms with van der Waals surface area (Å²) in [4.78, 5) is 0. The third-order valence-electron chi connectivity index (χ3n) is 4.26. The Hall–Kier alpha value is -0.0800. The van der Waals surface area contributed by atoms with Crippen LogP contribution >= 0.6 is 0 Å². The fourth-order valence-electron chi connectivity index (χ4n) is 3.28. The average Bonchev–Trinajstić information content (AvgIpc) is 2.29. The second-order valence-electron chi connectivity index (χ2n) is 5.59. The summed E-state index contributed by atoms with van der Waals surface area (Å²) in [5.74, 6) is 2.29. The summed E-state index contributed by atoms with van der Waals surface area (Å²) < 4.78 is 5.54. The first kappa shape index (κ1) is 11.4. The highest BCUT2D eigenvalue weighted by Crippen LogP contribution is 2.33. The van der Waals surface area contributed by atoms with Gasteiger partial charge < -0.3 is 10.5 Å². The van der Waals surface area contributed by atoms with Crippen molar-refractivity contribution in [1.29, 1.82) is 0 Å². The van der Waals surface area contributed by atoms with Gasteiger partial charge in [-0.3, -0.25) is 0 Å². The molecule has 1 aliphatic heterocycles. The molecule has 2 rings (SSSR count). The highest BCUT2D eigenvalue weighted by atomic mass is 16.5. The SMILES string of the molecule is CC1CCCC(C(N)C2CCCOC2)C1. The van der Waals surface area contributed by atoms with Crippen molar-refractivity contribution >= 4 is 0 Å². The molecule has 1 saturated heterocycles. The van der Waals surface area contributed by atoms with Gasteiger partial charge in [0.05, 0.1) is 6.61 Å². The standard InChI is InChI=1S/C13H25NO/c1-10-4-2-5-11(8-10)13(14)12-6-3-7-15-9-12/h10-13H,2-9,14H2,1H3. The van der Waals surface area contributed by atoms with E-state index in [-0.39, 0.29) is 0 Å². The molecule has 2 N–H and O–H groups in total. The van der Waals surface area contributed by atoms with Crippen LogP contribution in [0.15, 0.2) is 0 Å². The van der Waals surface area contributed by atoms with Gasteiger partial charge in [0.2, 0.25) is 0 Å². The zero-order chi connectivity index (χ0) is 10.7. The summed E-state index contributed by atoms with van der Waals surface area (Å²) in [6.45, 7) is 4.23. The Bertz CT molecular complexity index is 189. The molecule has 1 heterocycles. The predicted octanol–water partition coefficient (Wildman–Crippen LogP) is 2.57. The third kappa shape index (κ3) is 2.94. The van der Waals surface area contributed by atoms with E-state index in [1.807, 2.05) is 0 Å². The minimum atomic E-state index is 0.396. The van der Waals surface area contributed by atoms with Gasteiger partial charge in [0.15, 0.2) is 0 Å². The molecule has 0 bridgehead atoms. The minimum Gasteiger partial charge on any atom is -0.381 e. The topological polar surface area (TPSA) is 35.2 Å². The van der Waals surface area contributed by atoms with E-state index in [0.717, 1.165) is 25.0 Å². The second kappa shape index (κ2) is 5.31. The first-order valence-electron chi connectivity index (χ1n) is 6.60. The van der Waals surface area contributed by atoms with Gasteiger partial charge in [-0.05, 0) is 43.4 Å². The van der Waals surface area contributed by atoms with Gasteiger partial charge in [-0.15, -0.1) is 0 Å². The lowest BCUT2D eigenvalue weighted by molar-refractivity contribution is 0.0304. The molecule has 15 heavy (non-hydrogen) atoms. The molecule has 0 spiro atoms. The Kier molecular flexibility index (Phi) is 4.04. The van der Waals surface area contributed by atoms with E-state index in [2.05, 4.69) is 6.92 Å². The number of hydrogen-bond acceptors (Lipinski definition) is 2. The van der Waals surface area contributed by atoms with Gasteiger partial charge in [-0.1, -0.05) is 19.8 Å². The van der Waals surface area contributed by atoms with Crippen molar-refractivity contribution in [3.8, 4) is 0 Å². The van der Waals surface area contributed by atoms with Gasteiger partial charge in [0.1, 0.15) is 0 Å². The number of rotatable bonds is 2. The van der Waals surface area contributed by atoms with Crippen molar-refractivity contribution in [3.63, 3.8) is 0 Å². The molecule has 4 atom stereocenters. The van der Waals surface area contributed by atoms with Crippen LogP contribution in [0.1, 0.15) is 45.4 Å². The van der Waals surface area contributed by atoms with Gasteiger partial charge in [-0.2, -0.15) is 0 Å². The van der Waals surface area contributed by atoms with Crippen molar-refractivity contribution in [2.24, 2.45) is 23.5 Å². The summed E-state index contributed by atoms with van der Waals surface area (Å²) >= 11 is 0. The van der Waals surface area contributed by atoms with Crippen LogP contribution in [0.4, 0.5) is 0 Å². The van der Waals surface area contributed by atoms with Crippen LogP contribution in [-0.2, 0) is 4.74 Å². The molecule has 2 nitrogen and oxygen atoms in total. The summed E-state index contributed by atoms with van der Waals surface area (Å²) in [7, 11) is 0. The largest absolute Gasteiger partial charge is 0.381 e. The van der Waals surface area contributed by atoms with Crippen LogP contribution in [0, 0.1) is 17.8 Å². The Labute approximate surface area is 93.6 Å². The first-order valence-corrected chi connectivity index (χ1v) is 6.60. The van der Waals surface area contributed by atoms with Crippen LogP contribution in [0.3, 0.4) is 0 Å². The zero-order valence-corrected chi connectivity index (χ0v) is 9.95. The van der Waals surface area contributed by atoms with E-state index < -0.39 is 0 Å². The number of nitrogens with two attached hydrogens (primary N) is 1. The predicted molar refractivity (Wildman–Crippen MR) is 62.6 cm³/mol. The number of hydrogen-bond donors (Lipinski definition) is 1. The quantitative estimate of drug-likeness (QED) is 0.762. The van der Waals surface area contributed by atoms with E-state index in [0.29, 0.717) is 12.0 Å². The molecule has 0 aromatic carbocycles. The lowest BCUT2D eigenvalue weighted by atomic mass is 9.74. The Balaban J connectivity index is 1.85. The summed E-state index contributed by atoms with van der Waals surface area (Å²) in [5, 5.41) is 0. The second-order valence-corrected chi connectivity index (χ2v) is 5.59. The molecule has 4 unspecified atom stereocenters. The van der Waals surface area contributed by atoms with Crippen LogP contribution in [0.2, 0.25) is 0 Å². The molecule has 0 amide bonds. The molecule has 1 aliphatic carbocycles. The Morgan fingerprint density at radius 3 is 2.60 bits per heavy atom. The van der Waals surface area contributed by atoms with E-state index in [1.54, 1.807) is 0 Å². The van der Waals surface area contributed by atoms with Crippen molar-refractivity contribution in [3.05, 3.63) is 0 Å². The highest BCUT2D eigenvalue weighted by Gasteiger charge is 2.30. The van der Waals surface area contributed by atoms with Crippen LogP contribution in [0.25, 0.3) is 0 Å². The zero-order valence-electron chi connectivity index (χ0n) is 9.95. The monoisotopic (exact) mass is 211 g/mol. The van der Waals surface area contributed by atoms with E-state index in [9.17, 15) is 0 Å². The fraction of sp³-hybridized carbons (Fsp3) is 1.00. The van der Waals surface area contributed by atoms with Crippen molar-refractivity contribution in [1.82, 2.24) is 0 Å². The smallest absolute Gasteiger partial charge is 0.0509 e. The van der Waals surface area contributed by atoms with Crippen LogP contribution in [0.5, 0.6) is 0 Å². The van der Waals surface area contributed by atoms with Gasteiger partial charge in [0.25, 0.3) is 0 Å². The summed E-state index contributed by atoms with van der Waals surface area (Å²) in [6.07, 6.45) is 7.98. The van der Waals surface area contributed by atoms with E-state index >= 15 is 0 Å². The maximum atomic E-state index is 6.41. The molecule has 2 aliphatic rings. The molecule has 0 radical (unpaired) electrons. The Morgan fingerprint density at radius 2 is 1.93 bits per heavy atom. The molecule has 0 aromatic rings. The molecule has 88 valence electrons. The van der Waals surface area contributed by atoms with Crippen molar-refractivity contribution < 1.29 is 4.74 Å². The highest BCUT2D eigenvalue weighted by molar-refractivity contribution is 4.85. The summed E-state index contributed by atoms with van der Waals surface area (Å²) in [5.41, 5.74) is 6.41. The van der Waals surface area contributed by atoms with Crippen molar-refractivity contribution in [2.75, 3.05) is 13.2 Å². The number of ether oxygens (including phenoxy) is 1. The summed E-state index contributed by atoms with van der Waals surface area (Å²) in [6, 6.07) is 0.396. The minimum absolute atomic E-state index is 0.396. The maximum absolute atomic E-state index is 6.41. The lowest BCUT2D eigenvalue weighted by Crippen LogP contribution is -2.43. The van der Waals surface area contributed by atoms with Crippen LogP contribution < -0.4 is 5.73 Å². The van der Waals surface area contributed by atoms with E-state index in [4.69, 9.17) is 10.5 Å². The molecular formula is C13H25NO. The van der Waals surface area contributed by atoms with Gasteiger partial charge in [-0.25, -0.2) is 0 Å². The molecule has 0 aromatic heterocycles. The van der Waals surface area contributed by atoms with Gasteiger partial charge >= 0.3 is 0 Å². The Morgan fingerprint density at radius 1 is 1.13 bits per heavy atom.